The number of fused-ring (bicyclic) bond motifs is 1. The molecule has 1 N–H and O–H groups in total. The van der Waals surface area contributed by atoms with Crippen LogP contribution in [0.2, 0.25) is 0 Å². The molecule has 1 amide bonds. The van der Waals surface area contributed by atoms with Gasteiger partial charge in [-0.05, 0) is 66.6 Å². The van der Waals surface area contributed by atoms with Gasteiger partial charge in [-0.1, -0.05) is 28.1 Å². The van der Waals surface area contributed by atoms with Crippen LogP contribution in [0.5, 0.6) is 0 Å². The highest BCUT2D eigenvalue weighted by Crippen LogP contribution is 2.42. The second kappa shape index (κ2) is 7.76. The molecule has 0 bridgehead atoms. The van der Waals surface area contributed by atoms with E-state index in [1.807, 2.05) is 37.3 Å². The summed E-state index contributed by atoms with van der Waals surface area (Å²) in [5, 5.41) is 11.6. The summed E-state index contributed by atoms with van der Waals surface area (Å²) in [5.41, 5.74) is 2.70. The lowest BCUT2D eigenvalue weighted by atomic mass is 9.95. The number of hydrogen-bond acceptors (Lipinski definition) is 5. The predicted molar refractivity (Wildman–Crippen MR) is 124 cm³/mol. The normalized spacial score (nSPS) is 16.2. The zero-order valence-corrected chi connectivity index (χ0v) is 18.5. The van der Waals surface area contributed by atoms with Crippen LogP contribution < -0.4 is 4.90 Å². The summed E-state index contributed by atoms with van der Waals surface area (Å²) in [4.78, 5) is 32.2. The van der Waals surface area contributed by atoms with E-state index in [2.05, 4.69) is 20.9 Å². The minimum absolute atomic E-state index is 0.0270. The van der Waals surface area contributed by atoms with Crippen molar-refractivity contribution in [1.82, 2.24) is 4.98 Å². The van der Waals surface area contributed by atoms with Crippen molar-refractivity contribution in [2.24, 2.45) is 0 Å². The molecular formula is C25H17BrN2O4. The van der Waals surface area contributed by atoms with Gasteiger partial charge in [0, 0.05) is 27.9 Å². The lowest BCUT2D eigenvalue weighted by Gasteiger charge is -2.26. The number of pyridine rings is 1. The summed E-state index contributed by atoms with van der Waals surface area (Å²) in [6, 6.07) is 17.0. The molecule has 0 saturated carbocycles. The van der Waals surface area contributed by atoms with Gasteiger partial charge in [-0.15, -0.1) is 0 Å². The van der Waals surface area contributed by atoms with Gasteiger partial charge in [-0.2, -0.15) is 0 Å². The van der Waals surface area contributed by atoms with E-state index in [0.717, 1.165) is 15.4 Å². The number of benzene rings is 2. The van der Waals surface area contributed by atoms with Gasteiger partial charge in [0.05, 0.1) is 11.6 Å². The Hall–Kier alpha value is -3.71. The van der Waals surface area contributed by atoms with Crippen molar-refractivity contribution in [3.8, 4) is 0 Å². The first kappa shape index (κ1) is 20.2. The lowest BCUT2D eigenvalue weighted by Crippen LogP contribution is -2.31. The minimum Gasteiger partial charge on any atom is -0.503 e. The average molecular weight is 489 g/mol. The Kier molecular flexibility index (Phi) is 4.90. The molecule has 7 heteroatoms. The van der Waals surface area contributed by atoms with Crippen LogP contribution >= 0.6 is 15.9 Å². The van der Waals surface area contributed by atoms with Gasteiger partial charge < -0.3 is 9.52 Å². The number of ketones is 1. The highest BCUT2D eigenvalue weighted by Gasteiger charge is 2.45. The maximum absolute atomic E-state index is 13.6. The Morgan fingerprint density at radius 3 is 2.62 bits per heavy atom. The number of hydrogen-bond donors (Lipinski definition) is 1. The Labute approximate surface area is 191 Å². The molecule has 2 aromatic heterocycles. The number of anilines is 1. The third-order valence-corrected chi connectivity index (χ3v) is 5.95. The molecule has 1 atom stereocenters. The molecule has 0 fully saturated rings. The summed E-state index contributed by atoms with van der Waals surface area (Å²) in [6.07, 6.45) is 3.18. The Balaban J connectivity index is 1.66. The molecule has 0 saturated heterocycles. The number of carbonyl (C=O) groups is 2. The van der Waals surface area contributed by atoms with Crippen molar-refractivity contribution in [3.63, 3.8) is 0 Å². The van der Waals surface area contributed by atoms with E-state index in [4.69, 9.17) is 4.42 Å². The summed E-state index contributed by atoms with van der Waals surface area (Å²) in [5.74, 6) is -1.71. The fourth-order valence-corrected chi connectivity index (χ4v) is 4.38. The first-order valence-corrected chi connectivity index (χ1v) is 10.7. The molecule has 1 unspecified atom stereocenters. The molecule has 3 heterocycles. The first-order valence-electron chi connectivity index (χ1n) is 9.91. The number of furan rings is 1. The lowest BCUT2D eigenvalue weighted by molar-refractivity contribution is -0.117. The molecule has 0 aliphatic carbocycles. The van der Waals surface area contributed by atoms with Crippen LogP contribution in [0.3, 0.4) is 0 Å². The molecule has 0 radical (unpaired) electrons. The summed E-state index contributed by atoms with van der Waals surface area (Å²) in [6.45, 7) is 1.91. The molecule has 5 rings (SSSR count). The van der Waals surface area contributed by atoms with Gasteiger partial charge in [0.1, 0.15) is 5.58 Å². The molecule has 1 aliphatic rings. The predicted octanol–water partition coefficient (Wildman–Crippen LogP) is 5.68. The van der Waals surface area contributed by atoms with E-state index in [9.17, 15) is 14.7 Å². The summed E-state index contributed by atoms with van der Waals surface area (Å²) < 4.78 is 6.62. The van der Waals surface area contributed by atoms with E-state index in [1.54, 1.807) is 42.7 Å². The van der Waals surface area contributed by atoms with Gasteiger partial charge >= 0.3 is 0 Å². The van der Waals surface area contributed by atoms with Crippen LogP contribution in [-0.2, 0) is 4.79 Å². The fourth-order valence-electron chi connectivity index (χ4n) is 4.00. The van der Waals surface area contributed by atoms with Crippen molar-refractivity contribution >= 4 is 44.3 Å². The zero-order valence-electron chi connectivity index (χ0n) is 16.9. The van der Waals surface area contributed by atoms with Gasteiger partial charge in [0.2, 0.25) is 5.78 Å². The Bertz CT molecular complexity index is 1410. The molecular weight excluding hydrogens is 472 g/mol. The van der Waals surface area contributed by atoms with Crippen LogP contribution in [-0.4, -0.2) is 21.8 Å². The third-order valence-electron chi connectivity index (χ3n) is 5.46. The van der Waals surface area contributed by atoms with Crippen molar-refractivity contribution in [2.75, 3.05) is 4.90 Å². The average Bonchev–Trinajstić information content (AvgIpc) is 3.32. The van der Waals surface area contributed by atoms with E-state index in [-0.39, 0.29) is 11.3 Å². The largest absolute Gasteiger partial charge is 0.503 e. The topological polar surface area (TPSA) is 83.6 Å². The smallest absolute Gasteiger partial charge is 0.294 e. The number of Topliss-reactive ketones (excluding diaryl/α,β-unsaturated/α-hetero) is 1. The number of aliphatic hydroxyl groups excluding tert-OH is 1. The molecule has 158 valence electrons. The van der Waals surface area contributed by atoms with Crippen molar-refractivity contribution in [1.29, 1.82) is 0 Å². The minimum atomic E-state index is -0.820. The number of aryl methyl sites for hydroxylation is 1. The van der Waals surface area contributed by atoms with Gasteiger partial charge in [0.15, 0.2) is 11.5 Å². The first-order chi connectivity index (χ1) is 15.4. The van der Waals surface area contributed by atoms with Gasteiger partial charge in [-0.3, -0.25) is 19.5 Å². The second-order valence-electron chi connectivity index (χ2n) is 7.58. The standard InChI is InChI=1S/C25H17BrN2O4/c1-14-3-2-4-18(11-14)28-22(15-7-9-27-10-8-15)21(24(30)25(28)31)23(29)20-13-16-12-17(26)5-6-19(16)32-20/h2-13,22,30H,1H3. The number of halogens is 1. The highest BCUT2D eigenvalue weighted by atomic mass is 79.9. The number of carbonyl (C=O) groups excluding carboxylic acids is 2. The van der Waals surface area contributed by atoms with E-state index >= 15 is 0 Å². The summed E-state index contributed by atoms with van der Waals surface area (Å²) >= 11 is 3.41. The third kappa shape index (κ3) is 3.31. The monoisotopic (exact) mass is 488 g/mol. The second-order valence-corrected chi connectivity index (χ2v) is 8.50. The Morgan fingerprint density at radius 1 is 1.09 bits per heavy atom. The molecule has 0 spiro atoms. The molecule has 2 aromatic carbocycles. The van der Waals surface area contributed by atoms with Crippen LogP contribution in [0.1, 0.15) is 27.7 Å². The molecule has 1 aliphatic heterocycles. The number of aromatic nitrogens is 1. The van der Waals surface area contributed by atoms with Crippen LogP contribution in [0.4, 0.5) is 5.69 Å². The van der Waals surface area contributed by atoms with Crippen LogP contribution in [0, 0.1) is 6.92 Å². The number of amides is 1. The molecule has 32 heavy (non-hydrogen) atoms. The summed E-state index contributed by atoms with van der Waals surface area (Å²) in [7, 11) is 0. The van der Waals surface area contributed by atoms with Crippen LogP contribution in [0.15, 0.2) is 93.3 Å². The maximum atomic E-state index is 13.6. The number of aliphatic hydroxyl groups is 1. The fraction of sp³-hybridized carbons (Fsp3) is 0.0800. The SMILES string of the molecule is Cc1cccc(N2C(=O)C(O)=C(C(=O)c3cc4cc(Br)ccc4o3)C2c2ccncc2)c1. The van der Waals surface area contributed by atoms with Gasteiger partial charge in [0.25, 0.3) is 5.91 Å². The number of rotatable bonds is 4. The quantitative estimate of drug-likeness (QED) is 0.373. The maximum Gasteiger partial charge on any atom is 0.294 e. The Morgan fingerprint density at radius 2 is 1.88 bits per heavy atom. The highest BCUT2D eigenvalue weighted by molar-refractivity contribution is 9.10. The van der Waals surface area contributed by atoms with Crippen LogP contribution in [0.25, 0.3) is 11.0 Å². The molecule has 6 nitrogen and oxygen atoms in total. The number of nitrogens with zero attached hydrogens (tertiary/aromatic N) is 2. The van der Waals surface area contributed by atoms with E-state index < -0.39 is 23.5 Å². The zero-order chi connectivity index (χ0) is 22.4. The van der Waals surface area contributed by atoms with E-state index in [1.165, 1.54) is 4.90 Å². The van der Waals surface area contributed by atoms with E-state index in [0.29, 0.717) is 16.8 Å². The molecule has 4 aromatic rings. The van der Waals surface area contributed by atoms with Crippen molar-refractivity contribution in [3.05, 3.63) is 106 Å². The van der Waals surface area contributed by atoms with Gasteiger partial charge in [-0.25, -0.2) is 0 Å². The van der Waals surface area contributed by atoms with Crippen molar-refractivity contribution < 1.29 is 19.1 Å². The van der Waals surface area contributed by atoms with Crippen molar-refractivity contribution in [2.45, 2.75) is 13.0 Å².